The number of nitrogens with two attached hydrogens (primary N) is 1. The molecular formula is C26H25ClN4O4. The van der Waals surface area contributed by atoms with E-state index in [0.717, 1.165) is 21.9 Å². The molecule has 1 saturated heterocycles. The molecule has 1 heterocycles. The molecule has 35 heavy (non-hydrogen) atoms. The van der Waals surface area contributed by atoms with E-state index in [1.807, 2.05) is 36.4 Å². The van der Waals surface area contributed by atoms with Crippen LogP contribution < -0.4 is 11.2 Å². The molecule has 0 atom stereocenters. The maximum Gasteiger partial charge on any atom is 0.271 e. The summed E-state index contributed by atoms with van der Waals surface area (Å²) < 4.78 is 0. The number of benzene rings is 3. The van der Waals surface area contributed by atoms with Gasteiger partial charge in [-0.1, -0.05) is 48.0 Å². The van der Waals surface area contributed by atoms with E-state index in [2.05, 4.69) is 10.5 Å². The number of halogens is 1. The van der Waals surface area contributed by atoms with E-state index in [4.69, 9.17) is 17.3 Å². The monoisotopic (exact) mass is 492 g/mol. The van der Waals surface area contributed by atoms with Gasteiger partial charge in [0.2, 0.25) is 11.8 Å². The fourth-order valence-corrected chi connectivity index (χ4v) is 4.39. The van der Waals surface area contributed by atoms with Crippen LogP contribution in [0.1, 0.15) is 34.3 Å². The number of hydrazone groups is 1. The number of nitrogens with one attached hydrogen (secondary N) is 1. The summed E-state index contributed by atoms with van der Waals surface area (Å²) in [7, 11) is 0. The van der Waals surface area contributed by atoms with Gasteiger partial charge in [-0.05, 0) is 47.4 Å². The molecule has 0 aliphatic carbocycles. The summed E-state index contributed by atoms with van der Waals surface area (Å²) in [6, 6.07) is 15.6. The predicted molar refractivity (Wildman–Crippen MR) is 134 cm³/mol. The Morgan fingerprint density at radius 1 is 1.09 bits per heavy atom. The molecule has 0 bridgehead atoms. The van der Waals surface area contributed by atoms with E-state index in [0.29, 0.717) is 25.9 Å². The van der Waals surface area contributed by atoms with Crippen molar-refractivity contribution in [1.82, 2.24) is 10.3 Å². The zero-order valence-corrected chi connectivity index (χ0v) is 19.7. The average molecular weight is 493 g/mol. The number of piperidine rings is 1. The number of nitrogens with zero attached hydrogens (tertiary/aromatic N) is 2. The summed E-state index contributed by atoms with van der Waals surface area (Å²) in [6.07, 6.45) is 2.98. The van der Waals surface area contributed by atoms with Gasteiger partial charge in [-0.15, -0.1) is 0 Å². The topological polar surface area (TPSA) is 125 Å². The molecule has 0 aromatic heterocycles. The average Bonchev–Trinajstić information content (AvgIpc) is 2.86. The molecule has 0 radical (unpaired) electrons. The van der Waals surface area contributed by atoms with Crippen molar-refractivity contribution in [2.24, 2.45) is 16.8 Å². The number of phenols is 1. The lowest BCUT2D eigenvalue weighted by Crippen LogP contribution is -2.42. The number of rotatable bonds is 6. The third-order valence-electron chi connectivity index (χ3n) is 6.22. The minimum Gasteiger partial charge on any atom is -0.506 e. The molecule has 180 valence electrons. The van der Waals surface area contributed by atoms with Crippen LogP contribution in [0.2, 0.25) is 5.02 Å². The van der Waals surface area contributed by atoms with Gasteiger partial charge in [-0.3, -0.25) is 14.4 Å². The number of likely N-dealkylation sites (tertiary alicyclic amines) is 1. The number of amides is 3. The first-order valence-electron chi connectivity index (χ1n) is 11.2. The van der Waals surface area contributed by atoms with Gasteiger partial charge in [0.1, 0.15) is 5.75 Å². The van der Waals surface area contributed by atoms with Crippen LogP contribution in [0.4, 0.5) is 0 Å². The quantitative estimate of drug-likeness (QED) is 0.361. The van der Waals surface area contributed by atoms with Crippen LogP contribution in [-0.4, -0.2) is 47.0 Å². The fourth-order valence-electron chi connectivity index (χ4n) is 4.21. The second kappa shape index (κ2) is 10.6. The van der Waals surface area contributed by atoms with Gasteiger partial charge in [-0.25, -0.2) is 5.43 Å². The number of hydrogen-bond acceptors (Lipinski definition) is 5. The van der Waals surface area contributed by atoms with E-state index in [1.54, 1.807) is 11.1 Å². The summed E-state index contributed by atoms with van der Waals surface area (Å²) in [4.78, 5) is 38.4. The molecule has 9 heteroatoms. The standard InChI is InChI=1S/C26H25ClN4O4/c27-22-13-18(7-8-23(22)32)26(35)30-29-15-19-6-5-17(20-3-1-2-4-21(19)20)14-24(33)31-11-9-16(10-12-31)25(28)34/h1-8,13,15-16,32H,9-12,14H2,(H2,28,34)(H,30,35). The molecule has 8 nitrogen and oxygen atoms in total. The Morgan fingerprint density at radius 3 is 2.49 bits per heavy atom. The van der Waals surface area contributed by atoms with Gasteiger partial charge < -0.3 is 15.7 Å². The van der Waals surface area contributed by atoms with Crippen LogP contribution in [0.25, 0.3) is 10.8 Å². The lowest BCUT2D eigenvalue weighted by atomic mass is 9.95. The number of carbonyl (C=O) groups excluding carboxylic acids is 3. The third-order valence-corrected chi connectivity index (χ3v) is 6.52. The minimum atomic E-state index is -0.463. The second-order valence-corrected chi connectivity index (χ2v) is 8.87. The SMILES string of the molecule is NC(=O)C1CCN(C(=O)Cc2ccc(C=NNC(=O)c3ccc(O)c(Cl)c3)c3ccccc23)CC1. The predicted octanol–water partition coefficient (Wildman–Crippen LogP) is 3.23. The van der Waals surface area contributed by atoms with Gasteiger partial charge in [0.15, 0.2) is 0 Å². The van der Waals surface area contributed by atoms with Crippen molar-refractivity contribution < 1.29 is 19.5 Å². The molecule has 0 unspecified atom stereocenters. The number of hydrogen-bond donors (Lipinski definition) is 3. The summed E-state index contributed by atoms with van der Waals surface area (Å²) in [5.74, 6) is -1.02. The highest BCUT2D eigenvalue weighted by atomic mass is 35.5. The Hall–Kier alpha value is -3.91. The molecular weight excluding hydrogens is 468 g/mol. The molecule has 4 rings (SSSR count). The second-order valence-electron chi connectivity index (χ2n) is 8.46. The molecule has 1 aliphatic rings. The highest BCUT2D eigenvalue weighted by Crippen LogP contribution is 2.25. The van der Waals surface area contributed by atoms with E-state index >= 15 is 0 Å². The number of fused-ring (bicyclic) bond motifs is 1. The molecule has 0 saturated carbocycles. The lowest BCUT2D eigenvalue weighted by molar-refractivity contribution is -0.134. The van der Waals surface area contributed by atoms with E-state index in [1.165, 1.54) is 18.2 Å². The van der Waals surface area contributed by atoms with Crippen molar-refractivity contribution in [1.29, 1.82) is 0 Å². The van der Waals surface area contributed by atoms with Gasteiger partial charge in [0.05, 0.1) is 17.7 Å². The molecule has 3 amide bonds. The van der Waals surface area contributed by atoms with Crippen molar-refractivity contribution in [3.8, 4) is 5.75 Å². The largest absolute Gasteiger partial charge is 0.506 e. The summed E-state index contributed by atoms with van der Waals surface area (Å²) in [5.41, 5.74) is 9.79. The molecule has 3 aromatic rings. The number of aromatic hydroxyl groups is 1. The van der Waals surface area contributed by atoms with Gasteiger partial charge in [-0.2, -0.15) is 5.10 Å². The Balaban J connectivity index is 1.46. The van der Waals surface area contributed by atoms with E-state index in [9.17, 15) is 19.5 Å². The van der Waals surface area contributed by atoms with Gasteiger partial charge in [0, 0.05) is 30.1 Å². The van der Waals surface area contributed by atoms with E-state index in [-0.39, 0.29) is 40.5 Å². The van der Waals surface area contributed by atoms with Crippen LogP contribution in [0.15, 0.2) is 59.7 Å². The molecule has 1 fully saturated rings. The highest BCUT2D eigenvalue weighted by Gasteiger charge is 2.26. The Labute approximate surface area is 207 Å². The smallest absolute Gasteiger partial charge is 0.271 e. The Morgan fingerprint density at radius 2 is 1.80 bits per heavy atom. The maximum absolute atomic E-state index is 12.9. The van der Waals surface area contributed by atoms with Crippen molar-refractivity contribution in [3.05, 3.63) is 76.3 Å². The third kappa shape index (κ3) is 5.60. The zero-order valence-electron chi connectivity index (χ0n) is 18.9. The Kier molecular flexibility index (Phi) is 7.31. The minimum absolute atomic E-state index is 0.0133. The number of carbonyl (C=O) groups is 3. The first-order chi connectivity index (χ1) is 16.8. The van der Waals surface area contributed by atoms with Crippen molar-refractivity contribution in [2.45, 2.75) is 19.3 Å². The molecule has 3 aromatic carbocycles. The zero-order chi connectivity index (χ0) is 24.9. The summed E-state index contributed by atoms with van der Waals surface area (Å²) in [6.45, 7) is 1.06. The first-order valence-corrected chi connectivity index (χ1v) is 11.6. The van der Waals surface area contributed by atoms with Crippen LogP contribution in [0, 0.1) is 5.92 Å². The fraction of sp³-hybridized carbons (Fsp3) is 0.231. The maximum atomic E-state index is 12.9. The Bertz CT molecular complexity index is 1320. The molecule has 4 N–H and O–H groups in total. The lowest BCUT2D eigenvalue weighted by Gasteiger charge is -2.30. The van der Waals surface area contributed by atoms with Crippen molar-refractivity contribution >= 4 is 46.3 Å². The van der Waals surface area contributed by atoms with Gasteiger partial charge >= 0.3 is 0 Å². The normalized spacial score (nSPS) is 14.4. The number of primary amides is 1. The molecule has 0 spiro atoms. The van der Waals surface area contributed by atoms with Crippen LogP contribution >= 0.6 is 11.6 Å². The van der Waals surface area contributed by atoms with Crippen LogP contribution in [-0.2, 0) is 16.0 Å². The molecule has 1 aliphatic heterocycles. The van der Waals surface area contributed by atoms with Crippen LogP contribution in [0.3, 0.4) is 0 Å². The summed E-state index contributed by atoms with van der Waals surface area (Å²) >= 11 is 5.86. The van der Waals surface area contributed by atoms with E-state index < -0.39 is 5.91 Å². The van der Waals surface area contributed by atoms with Gasteiger partial charge in [0.25, 0.3) is 5.91 Å². The first kappa shape index (κ1) is 24.2. The van der Waals surface area contributed by atoms with Crippen molar-refractivity contribution in [2.75, 3.05) is 13.1 Å². The highest BCUT2D eigenvalue weighted by molar-refractivity contribution is 6.32. The number of phenolic OH excluding ortho intramolecular Hbond substituents is 1. The van der Waals surface area contributed by atoms with Crippen LogP contribution in [0.5, 0.6) is 5.75 Å². The summed E-state index contributed by atoms with van der Waals surface area (Å²) in [5, 5.41) is 15.5. The van der Waals surface area contributed by atoms with Crippen molar-refractivity contribution in [3.63, 3.8) is 0 Å².